The summed E-state index contributed by atoms with van der Waals surface area (Å²) in [7, 11) is -1.31. The molecule has 0 bridgehead atoms. The molecule has 0 radical (unpaired) electrons. The number of furan rings is 1. The molecule has 3 N–H and O–H groups in total. The topological polar surface area (TPSA) is 138 Å². The highest BCUT2D eigenvalue weighted by Gasteiger charge is 2.39. The van der Waals surface area contributed by atoms with E-state index in [1.54, 1.807) is 38.1 Å². The lowest BCUT2D eigenvalue weighted by Crippen LogP contribution is -2.31. The maximum absolute atomic E-state index is 12.5. The molecule has 2 heterocycles. The van der Waals surface area contributed by atoms with Crippen LogP contribution in [0.2, 0.25) is 0 Å². The third-order valence-corrected chi connectivity index (χ3v) is 5.88. The van der Waals surface area contributed by atoms with E-state index in [9.17, 15) is 18.0 Å². The fraction of sp³-hybridized carbons (Fsp3) is 0.238. The van der Waals surface area contributed by atoms with Crippen LogP contribution in [0.15, 0.2) is 68.3 Å². The lowest BCUT2D eigenvalue weighted by molar-refractivity contribution is -0.137. The summed E-state index contributed by atoms with van der Waals surface area (Å²) in [5.74, 6) is -1.33. The molecular weight excluding hydrogens is 424 g/mol. The van der Waals surface area contributed by atoms with Crippen LogP contribution in [-0.4, -0.2) is 34.6 Å². The standard InChI is InChI=1S/C21H22N2O7S/c1-11-17(20(24)28-3)19(18(12(2)23-11)21(25)29-4)16-10-9-15(30-16)13-5-7-14(8-6-13)31(22,26)27/h5-10,19,23H,1-4H3,(H2,22,26,27). The number of hydrogen-bond donors (Lipinski definition) is 2. The van der Waals surface area contributed by atoms with E-state index >= 15 is 0 Å². The van der Waals surface area contributed by atoms with Gasteiger partial charge < -0.3 is 19.2 Å². The van der Waals surface area contributed by atoms with Crippen LogP contribution in [0.5, 0.6) is 0 Å². The fourth-order valence-electron chi connectivity index (χ4n) is 3.51. The number of hydrogen-bond acceptors (Lipinski definition) is 8. The van der Waals surface area contributed by atoms with E-state index in [0.29, 0.717) is 28.5 Å². The van der Waals surface area contributed by atoms with E-state index in [2.05, 4.69) is 5.32 Å². The highest BCUT2D eigenvalue weighted by Crippen LogP contribution is 2.41. The second kappa shape index (κ2) is 8.40. The first-order valence-electron chi connectivity index (χ1n) is 9.16. The van der Waals surface area contributed by atoms with Crippen molar-refractivity contribution in [2.45, 2.75) is 24.7 Å². The van der Waals surface area contributed by atoms with Crippen molar-refractivity contribution in [3.8, 4) is 11.3 Å². The number of nitrogens with two attached hydrogens (primary N) is 1. The Morgan fingerprint density at radius 3 is 1.90 bits per heavy atom. The Labute approximate surface area is 179 Å². The third-order valence-electron chi connectivity index (χ3n) is 4.95. The number of carbonyl (C=O) groups excluding carboxylic acids is 2. The minimum atomic E-state index is -3.82. The lowest BCUT2D eigenvalue weighted by atomic mass is 9.83. The summed E-state index contributed by atoms with van der Waals surface area (Å²) in [5, 5.41) is 8.15. The Hall–Kier alpha value is -3.37. The summed E-state index contributed by atoms with van der Waals surface area (Å²) in [6.07, 6.45) is 0. The number of sulfonamides is 1. The molecular formula is C21H22N2O7S. The summed E-state index contributed by atoms with van der Waals surface area (Å²) in [4.78, 5) is 25.0. The predicted molar refractivity (Wildman–Crippen MR) is 111 cm³/mol. The van der Waals surface area contributed by atoms with Gasteiger partial charge in [0.05, 0.1) is 36.2 Å². The second-order valence-electron chi connectivity index (χ2n) is 6.89. The highest BCUT2D eigenvalue weighted by atomic mass is 32.2. The molecule has 1 aliphatic heterocycles. The van der Waals surface area contributed by atoms with Gasteiger partial charge in [0, 0.05) is 17.0 Å². The van der Waals surface area contributed by atoms with Crippen molar-refractivity contribution in [1.82, 2.24) is 5.32 Å². The Balaban J connectivity index is 2.10. The van der Waals surface area contributed by atoms with Crippen molar-refractivity contribution in [1.29, 1.82) is 0 Å². The monoisotopic (exact) mass is 446 g/mol. The zero-order valence-electron chi connectivity index (χ0n) is 17.4. The summed E-state index contributed by atoms with van der Waals surface area (Å²) in [6, 6.07) is 9.14. The average molecular weight is 446 g/mol. The Bertz CT molecular complexity index is 1170. The van der Waals surface area contributed by atoms with Crippen LogP contribution >= 0.6 is 0 Å². The molecule has 0 saturated carbocycles. The van der Waals surface area contributed by atoms with Gasteiger partial charge in [-0.1, -0.05) is 0 Å². The second-order valence-corrected chi connectivity index (χ2v) is 8.45. The first-order chi connectivity index (χ1) is 14.6. The van der Waals surface area contributed by atoms with Crippen LogP contribution in [0.4, 0.5) is 0 Å². The minimum absolute atomic E-state index is 0.0283. The van der Waals surface area contributed by atoms with Gasteiger partial charge in [-0.3, -0.25) is 0 Å². The van der Waals surface area contributed by atoms with Crippen molar-refractivity contribution in [3.63, 3.8) is 0 Å². The number of nitrogens with one attached hydrogen (secondary N) is 1. The summed E-state index contributed by atoms with van der Waals surface area (Å²) >= 11 is 0. The number of dihydropyridines is 1. The van der Waals surface area contributed by atoms with E-state index < -0.39 is 27.9 Å². The largest absolute Gasteiger partial charge is 0.466 e. The predicted octanol–water partition coefficient (Wildman–Crippen LogP) is 2.17. The van der Waals surface area contributed by atoms with Gasteiger partial charge in [0.2, 0.25) is 10.0 Å². The van der Waals surface area contributed by atoms with Crippen molar-refractivity contribution in [3.05, 3.63) is 64.7 Å². The molecule has 1 aromatic heterocycles. The van der Waals surface area contributed by atoms with Gasteiger partial charge in [0.1, 0.15) is 11.5 Å². The van der Waals surface area contributed by atoms with Crippen LogP contribution in [0, 0.1) is 0 Å². The number of benzene rings is 1. The molecule has 9 nitrogen and oxygen atoms in total. The smallest absolute Gasteiger partial charge is 0.336 e. The summed E-state index contributed by atoms with van der Waals surface area (Å²) in [5.41, 5.74) is 2.08. The van der Waals surface area contributed by atoms with Crippen LogP contribution in [0.25, 0.3) is 11.3 Å². The number of ether oxygens (including phenoxy) is 2. The first kappa shape index (κ1) is 22.3. The maximum atomic E-state index is 12.5. The number of carbonyl (C=O) groups is 2. The number of allylic oxidation sites excluding steroid dienone is 2. The highest BCUT2D eigenvalue weighted by molar-refractivity contribution is 7.89. The molecule has 3 rings (SSSR count). The molecule has 0 amide bonds. The molecule has 164 valence electrons. The molecule has 0 spiro atoms. The third kappa shape index (κ3) is 4.25. The normalized spacial score (nSPS) is 15.0. The van der Waals surface area contributed by atoms with Gasteiger partial charge in [-0.2, -0.15) is 0 Å². The van der Waals surface area contributed by atoms with Crippen LogP contribution in [0.1, 0.15) is 25.5 Å². The molecule has 0 fully saturated rings. The van der Waals surface area contributed by atoms with Gasteiger partial charge in [0.15, 0.2) is 0 Å². The van der Waals surface area contributed by atoms with Crippen molar-refractivity contribution >= 4 is 22.0 Å². The molecule has 31 heavy (non-hydrogen) atoms. The molecule has 0 aliphatic carbocycles. The van der Waals surface area contributed by atoms with Crippen LogP contribution in [0.3, 0.4) is 0 Å². The Morgan fingerprint density at radius 1 is 0.935 bits per heavy atom. The van der Waals surface area contributed by atoms with Crippen molar-refractivity contribution < 1.29 is 31.9 Å². The van der Waals surface area contributed by atoms with Gasteiger partial charge in [-0.15, -0.1) is 0 Å². The molecule has 2 aromatic rings. The van der Waals surface area contributed by atoms with Crippen molar-refractivity contribution in [2.24, 2.45) is 5.14 Å². The molecule has 10 heteroatoms. The van der Waals surface area contributed by atoms with Gasteiger partial charge in [-0.05, 0) is 50.2 Å². The van der Waals surface area contributed by atoms with E-state index in [4.69, 9.17) is 19.0 Å². The summed E-state index contributed by atoms with van der Waals surface area (Å²) in [6.45, 7) is 3.40. The number of rotatable bonds is 5. The number of primary sulfonamides is 1. The molecule has 1 aromatic carbocycles. The minimum Gasteiger partial charge on any atom is -0.466 e. The average Bonchev–Trinajstić information content (AvgIpc) is 3.21. The fourth-order valence-corrected chi connectivity index (χ4v) is 4.03. The Morgan fingerprint density at radius 2 is 1.45 bits per heavy atom. The number of esters is 2. The quantitative estimate of drug-likeness (QED) is 0.667. The van der Waals surface area contributed by atoms with E-state index in [0.717, 1.165) is 0 Å². The zero-order chi connectivity index (χ0) is 22.9. The van der Waals surface area contributed by atoms with E-state index in [1.165, 1.54) is 26.4 Å². The van der Waals surface area contributed by atoms with E-state index in [1.807, 2.05) is 0 Å². The number of methoxy groups -OCH3 is 2. The van der Waals surface area contributed by atoms with Gasteiger partial charge in [0.25, 0.3) is 0 Å². The molecule has 1 aliphatic rings. The summed E-state index contributed by atoms with van der Waals surface area (Å²) < 4.78 is 38.8. The molecule has 0 atom stereocenters. The maximum Gasteiger partial charge on any atom is 0.336 e. The lowest BCUT2D eigenvalue weighted by Gasteiger charge is -2.28. The van der Waals surface area contributed by atoms with Gasteiger partial charge in [-0.25, -0.2) is 23.1 Å². The van der Waals surface area contributed by atoms with Crippen molar-refractivity contribution in [2.75, 3.05) is 14.2 Å². The van der Waals surface area contributed by atoms with Crippen LogP contribution < -0.4 is 10.5 Å². The van der Waals surface area contributed by atoms with Gasteiger partial charge >= 0.3 is 11.9 Å². The Kier molecular flexibility index (Phi) is 6.05. The van der Waals surface area contributed by atoms with E-state index in [-0.39, 0.29) is 16.0 Å². The zero-order valence-corrected chi connectivity index (χ0v) is 18.2. The SMILES string of the molecule is COC(=O)C1=C(C)NC(C)=C(C(=O)OC)C1c1ccc(-c2ccc(S(N)(=O)=O)cc2)o1. The first-order valence-corrected chi connectivity index (χ1v) is 10.7. The molecule has 0 saturated heterocycles. The van der Waals surface area contributed by atoms with Crippen LogP contribution in [-0.2, 0) is 29.1 Å². The molecule has 0 unspecified atom stereocenters.